The molecule has 3 aromatic carbocycles. The Balaban J connectivity index is 1.70. The van der Waals surface area contributed by atoms with Crippen molar-refractivity contribution in [1.82, 2.24) is 4.98 Å². The van der Waals surface area contributed by atoms with Gasteiger partial charge in [-0.05, 0) is 55.0 Å². The summed E-state index contributed by atoms with van der Waals surface area (Å²) in [5.41, 5.74) is 5.11. The maximum absolute atomic E-state index is 12.7. The van der Waals surface area contributed by atoms with E-state index in [9.17, 15) is 4.79 Å². The van der Waals surface area contributed by atoms with Gasteiger partial charge in [0.05, 0.1) is 24.0 Å². The topological polar surface area (TPSA) is 51.2 Å². The summed E-state index contributed by atoms with van der Waals surface area (Å²) in [5, 5.41) is 4.14. The number of fused-ring (bicyclic) bond motifs is 1. The summed E-state index contributed by atoms with van der Waals surface area (Å²) < 4.78 is 5.15. The molecule has 0 saturated heterocycles. The Bertz CT molecular complexity index is 1150. The van der Waals surface area contributed by atoms with Crippen molar-refractivity contribution in [3.8, 4) is 17.0 Å². The van der Waals surface area contributed by atoms with E-state index < -0.39 is 0 Å². The number of benzene rings is 3. The van der Waals surface area contributed by atoms with Gasteiger partial charge >= 0.3 is 0 Å². The van der Waals surface area contributed by atoms with Crippen LogP contribution in [0, 0.1) is 6.92 Å². The second-order valence-corrected chi connectivity index (χ2v) is 6.57. The molecule has 28 heavy (non-hydrogen) atoms. The predicted molar refractivity (Wildman–Crippen MR) is 113 cm³/mol. The molecule has 1 aromatic heterocycles. The van der Waals surface area contributed by atoms with Crippen LogP contribution in [0.15, 0.2) is 78.9 Å². The van der Waals surface area contributed by atoms with Gasteiger partial charge in [0, 0.05) is 16.5 Å². The van der Waals surface area contributed by atoms with E-state index in [1.165, 1.54) is 0 Å². The first-order valence-corrected chi connectivity index (χ1v) is 9.07. The van der Waals surface area contributed by atoms with Crippen molar-refractivity contribution in [3.63, 3.8) is 0 Å². The molecule has 1 heterocycles. The third kappa shape index (κ3) is 3.45. The first-order chi connectivity index (χ1) is 13.7. The van der Waals surface area contributed by atoms with Crippen molar-refractivity contribution < 1.29 is 9.53 Å². The molecule has 0 fully saturated rings. The number of aryl methyl sites for hydroxylation is 1. The number of nitrogens with zero attached hydrogens (tertiary/aromatic N) is 1. The first kappa shape index (κ1) is 17.7. The molecule has 4 aromatic rings. The summed E-state index contributed by atoms with van der Waals surface area (Å²) in [6.07, 6.45) is 0. The van der Waals surface area contributed by atoms with Gasteiger partial charge in [-0.15, -0.1) is 0 Å². The highest BCUT2D eigenvalue weighted by atomic mass is 16.5. The number of carbonyl (C=O) groups is 1. The molecule has 0 spiro atoms. The van der Waals surface area contributed by atoms with Gasteiger partial charge in [-0.3, -0.25) is 4.79 Å². The van der Waals surface area contributed by atoms with Crippen LogP contribution in [0.3, 0.4) is 0 Å². The molecule has 0 aliphatic rings. The summed E-state index contributed by atoms with van der Waals surface area (Å²) in [6, 6.07) is 24.9. The minimum absolute atomic E-state index is 0.174. The molecule has 4 rings (SSSR count). The quantitative estimate of drug-likeness (QED) is 0.519. The van der Waals surface area contributed by atoms with Gasteiger partial charge in [0.25, 0.3) is 5.91 Å². The summed E-state index contributed by atoms with van der Waals surface area (Å²) in [5.74, 6) is 0.542. The maximum Gasteiger partial charge on any atom is 0.255 e. The maximum atomic E-state index is 12.7. The third-order valence-electron chi connectivity index (χ3n) is 4.73. The first-order valence-electron chi connectivity index (χ1n) is 9.07. The van der Waals surface area contributed by atoms with Crippen LogP contribution in [0.25, 0.3) is 22.2 Å². The lowest BCUT2D eigenvalue weighted by molar-refractivity contribution is 0.102. The number of pyridine rings is 1. The highest BCUT2D eigenvalue weighted by Crippen LogP contribution is 2.30. The second-order valence-electron chi connectivity index (χ2n) is 6.57. The normalized spacial score (nSPS) is 10.6. The highest BCUT2D eigenvalue weighted by molar-refractivity contribution is 6.06. The number of nitrogens with one attached hydrogen (secondary N) is 1. The van der Waals surface area contributed by atoms with E-state index in [4.69, 9.17) is 9.72 Å². The number of ether oxygens (including phenoxy) is 1. The number of hydrogen-bond donors (Lipinski definition) is 1. The average molecular weight is 368 g/mol. The molecule has 138 valence electrons. The molecule has 0 radical (unpaired) electrons. The van der Waals surface area contributed by atoms with Gasteiger partial charge in [-0.25, -0.2) is 4.98 Å². The van der Waals surface area contributed by atoms with Crippen LogP contribution in [0.1, 0.15) is 15.9 Å². The van der Waals surface area contributed by atoms with E-state index >= 15 is 0 Å². The number of para-hydroxylation sites is 2. The van der Waals surface area contributed by atoms with Gasteiger partial charge < -0.3 is 10.1 Å². The number of methoxy groups -OCH3 is 1. The Kier molecular flexibility index (Phi) is 4.77. The summed E-state index contributed by atoms with van der Waals surface area (Å²) in [7, 11) is 1.60. The zero-order valence-electron chi connectivity index (χ0n) is 15.8. The minimum Gasteiger partial charge on any atom is -0.497 e. The van der Waals surface area contributed by atoms with E-state index in [-0.39, 0.29) is 5.91 Å². The zero-order chi connectivity index (χ0) is 19.5. The van der Waals surface area contributed by atoms with E-state index in [0.717, 1.165) is 33.4 Å². The van der Waals surface area contributed by atoms with Crippen molar-refractivity contribution in [2.45, 2.75) is 6.92 Å². The minimum atomic E-state index is -0.174. The van der Waals surface area contributed by atoms with Gasteiger partial charge in [0.2, 0.25) is 0 Å². The largest absolute Gasteiger partial charge is 0.497 e. The number of anilines is 1. The Morgan fingerprint density at radius 1 is 0.929 bits per heavy atom. The van der Waals surface area contributed by atoms with Crippen molar-refractivity contribution in [2.24, 2.45) is 0 Å². The number of amides is 1. The molecule has 0 aliphatic carbocycles. The van der Waals surface area contributed by atoms with Crippen LogP contribution in [0.5, 0.6) is 5.75 Å². The van der Waals surface area contributed by atoms with E-state index in [1.54, 1.807) is 31.4 Å². The van der Waals surface area contributed by atoms with Crippen molar-refractivity contribution >= 4 is 22.5 Å². The van der Waals surface area contributed by atoms with E-state index in [2.05, 4.69) is 24.4 Å². The lowest BCUT2D eigenvalue weighted by Crippen LogP contribution is -2.12. The van der Waals surface area contributed by atoms with Crippen molar-refractivity contribution in [1.29, 1.82) is 0 Å². The van der Waals surface area contributed by atoms with Crippen molar-refractivity contribution in [2.75, 3.05) is 12.4 Å². The SMILES string of the molecule is COc1ccc(C(=O)Nc2ccccc2-c2cc(C)c3ccccc3n2)cc1. The summed E-state index contributed by atoms with van der Waals surface area (Å²) in [4.78, 5) is 17.5. The standard InChI is InChI=1S/C24H20N2O2/c1-16-15-23(25-21-9-5-3-7-19(16)21)20-8-4-6-10-22(20)26-24(27)17-11-13-18(28-2)14-12-17/h3-15H,1-2H3,(H,26,27). The monoisotopic (exact) mass is 368 g/mol. The molecule has 0 saturated carbocycles. The summed E-state index contributed by atoms with van der Waals surface area (Å²) in [6.45, 7) is 2.08. The van der Waals surface area contributed by atoms with Crippen LogP contribution < -0.4 is 10.1 Å². The Morgan fingerprint density at radius 3 is 2.43 bits per heavy atom. The molecule has 0 atom stereocenters. The fourth-order valence-electron chi connectivity index (χ4n) is 3.24. The molecule has 0 bridgehead atoms. The van der Waals surface area contributed by atoms with Crippen LogP contribution >= 0.6 is 0 Å². The molecular weight excluding hydrogens is 348 g/mol. The lowest BCUT2D eigenvalue weighted by atomic mass is 10.0. The fraction of sp³-hybridized carbons (Fsp3) is 0.0833. The Morgan fingerprint density at radius 2 is 1.64 bits per heavy atom. The number of hydrogen-bond acceptors (Lipinski definition) is 3. The van der Waals surface area contributed by atoms with Crippen molar-refractivity contribution in [3.05, 3.63) is 90.0 Å². The van der Waals surface area contributed by atoms with Crippen LogP contribution in [0.2, 0.25) is 0 Å². The average Bonchev–Trinajstić information content (AvgIpc) is 2.74. The van der Waals surface area contributed by atoms with Gasteiger partial charge in [-0.2, -0.15) is 0 Å². The second kappa shape index (κ2) is 7.53. The number of aromatic nitrogens is 1. The molecule has 1 amide bonds. The summed E-state index contributed by atoms with van der Waals surface area (Å²) >= 11 is 0. The molecule has 0 aliphatic heterocycles. The Hall–Kier alpha value is -3.66. The molecule has 0 unspecified atom stereocenters. The van der Waals surface area contributed by atoms with Crippen LogP contribution in [-0.4, -0.2) is 18.0 Å². The van der Waals surface area contributed by atoms with Gasteiger partial charge in [0.15, 0.2) is 0 Å². The predicted octanol–water partition coefficient (Wildman–Crippen LogP) is 5.47. The molecular formula is C24H20N2O2. The zero-order valence-corrected chi connectivity index (χ0v) is 15.8. The number of carbonyl (C=O) groups excluding carboxylic acids is 1. The lowest BCUT2D eigenvalue weighted by Gasteiger charge is -2.13. The molecule has 4 heteroatoms. The smallest absolute Gasteiger partial charge is 0.255 e. The Labute approximate surface area is 163 Å². The fourth-order valence-corrected chi connectivity index (χ4v) is 3.24. The van der Waals surface area contributed by atoms with Gasteiger partial charge in [-0.1, -0.05) is 36.4 Å². The van der Waals surface area contributed by atoms with E-state index in [1.807, 2.05) is 42.5 Å². The highest BCUT2D eigenvalue weighted by Gasteiger charge is 2.12. The van der Waals surface area contributed by atoms with E-state index in [0.29, 0.717) is 11.3 Å². The molecule has 4 nitrogen and oxygen atoms in total. The van der Waals surface area contributed by atoms with Crippen LogP contribution in [0.4, 0.5) is 5.69 Å². The number of rotatable bonds is 4. The third-order valence-corrected chi connectivity index (χ3v) is 4.73. The van der Waals surface area contributed by atoms with Crippen LogP contribution in [-0.2, 0) is 0 Å². The molecule has 1 N–H and O–H groups in total. The van der Waals surface area contributed by atoms with Gasteiger partial charge in [0.1, 0.15) is 5.75 Å².